The molecule has 5 nitrogen and oxygen atoms in total. The number of rotatable bonds is 12. The Kier molecular flexibility index (Phi) is 9.32. The van der Waals surface area contributed by atoms with Crippen LogP contribution < -0.4 is 0 Å². The predicted molar refractivity (Wildman–Crippen MR) is 77.8 cm³/mol. The standard InChI is InChI=1S/C15H27NO4/c1-3-4-15(17)14-5-6-16(13-14)7-8-19-11-12-20-10-9-18-2/h5-6,13,15,17H,3-4,7-12H2,1-2H3. The molecule has 1 atom stereocenters. The Labute approximate surface area is 121 Å². The summed E-state index contributed by atoms with van der Waals surface area (Å²) in [6.07, 6.45) is 5.40. The molecule has 1 rings (SSSR count). The van der Waals surface area contributed by atoms with E-state index in [0.717, 1.165) is 24.9 Å². The molecule has 1 N–H and O–H groups in total. The van der Waals surface area contributed by atoms with Crippen molar-refractivity contribution in [3.05, 3.63) is 24.0 Å². The first kappa shape index (κ1) is 17.2. The van der Waals surface area contributed by atoms with E-state index >= 15 is 0 Å². The smallest absolute Gasteiger partial charge is 0.0804 e. The number of methoxy groups -OCH3 is 1. The van der Waals surface area contributed by atoms with E-state index < -0.39 is 0 Å². The number of aliphatic hydroxyl groups excluding tert-OH is 1. The van der Waals surface area contributed by atoms with Crippen LogP contribution in [0.2, 0.25) is 0 Å². The predicted octanol–water partition coefficient (Wildman–Crippen LogP) is 2.00. The largest absolute Gasteiger partial charge is 0.388 e. The highest BCUT2D eigenvalue weighted by atomic mass is 16.5. The van der Waals surface area contributed by atoms with Gasteiger partial charge in [0.2, 0.25) is 0 Å². The Morgan fingerprint density at radius 3 is 2.55 bits per heavy atom. The van der Waals surface area contributed by atoms with Crippen LogP contribution in [0.4, 0.5) is 0 Å². The monoisotopic (exact) mass is 285 g/mol. The number of ether oxygens (including phenoxy) is 3. The number of aliphatic hydroxyl groups is 1. The summed E-state index contributed by atoms with van der Waals surface area (Å²) in [4.78, 5) is 0. The number of aromatic nitrogens is 1. The quantitative estimate of drug-likeness (QED) is 0.597. The minimum atomic E-state index is -0.351. The van der Waals surface area contributed by atoms with Crippen molar-refractivity contribution in [2.45, 2.75) is 32.4 Å². The van der Waals surface area contributed by atoms with E-state index in [1.807, 2.05) is 23.0 Å². The molecular weight excluding hydrogens is 258 g/mol. The number of nitrogens with zero attached hydrogens (tertiary/aromatic N) is 1. The molecule has 0 radical (unpaired) electrons. The van der Waals surface area contributed by atoms with Gasteiger partial charge in [-0.3, -0.25) is 0 Å². The van der Waals surface area contributed by atoms with Gasteiger partial charge in [-0.25, -0.2) is 0 Å². The lowest BCUT2D eigenvalue weighted by Crippen LogP contribution is -2.11. The van der Waals surface area contributed by atoms with Gasteiger partial charge in [0, 0.05) is 26.0 Å². The van der Waals surface area contributed by atoms with E-state index in [2.05, 4.69) is 6.92 Å². The molecule has 0 aliphatic carbocycles. The van der Waals surface area contributed by atoms with Crippen molar-refractivity contribution in [2.24, 2.45) is 0 Å². The van der Waals surface area contributed by atoms with Gasteiger partial charge in [-0.2, -0.15) is 0 Å². The van der Waals surface area contributed by atoms with Gasteiger partial charge in [-0.1, -0.05) is 13.3 Å². The van der Waals surface area contributed by atoms with Gasteiger partial charge in [0.05, 0.1) is 39.1 Å². The molecule has 20 heavy (non-hydrogen) atoms. The molecule has 0 bridgehead atoms. The molecule has 1 aromatic rings. The zero-order chi connectivity index (χ0) is 14.6. The van der Waals surface area contributed by atoms with Gasteiger partial charge in [-0.15, -0.1) is 0 Å². The average molecular weight is 285 g/mol. The van der Waals surface area contributed by atoms with Gasteiger partial charge in [-0.05, 0) is 18.1 Å². The average Bonchev–Trinajstić information content (AvgIpc) is 2.91. The van der Waals surface area contributed by atoms with E-state index in [1.54, 1.807) is 7.11 Å². The highest BCUT2D eigenvalue weighted by Crippen LogP contribution is 2.18. The highest BCUT2D eigenvalue weighted by Gasteiger charge is 2.07. The Morgan fingerprint density at radius 2 is 1.85 bits per heavy atom. The van der Waals surface area contributed by atoms with Crippen molar-refractivity contribution in [3.8, 4) is 0 Å². The van der Waals surface area contributed by atoms with Crippen LogP contribution in [-0.2, 0) is 20.8 Å². The van der Waals surface area contributed by atoms with Crippen molar-refractivity contribution in [1.82, 2.24) is 4.57 Å². The molecule has 0 aliphatic rings. The summed E-state index contributed by atoms with van der Waals surface area (Å²) in [5.41, 5.74) is 0.981. The molecule has 0 saturated carbocycles. The Balaban J connectivity index is 2.07. The van der Waals surface area contributed by atoms with Crippen LogP contribution in [0.3, 0.4) is 0 Å². The van der Waals surface area contributed by atoms with Gasteiger partial charge in [0.15, 0.2) is 0 Å². The van der Waals surface area contributed by atoms with Crippen LogP contribution in [0.25, 0.3) is 0 Å². The Hall–Kier alpha value is -0.880. The summed E-state index contributed by atoms with van der Waals surface area (Å²) >= 11 is 0. The second kappa shape index (κ2) is 10.9. The first-order chi connectivity index (χ1) is 9.77. The number of hydrogen-bond donors (Lipinski definition) is 1. The lowest BCUT2D eigenvalue weighted by molar-refractivity contribution is 0.0230. The van der Waals surface area contributed by atoms with Crippen molar-refractivity contribution in [3.63, 3.8) is 0 Å². The minimum Gasteiger partial charge on any atom is -0.388 e. The van der Waals surface area contributed by atoms with Crippen molar-refractivity contribution in [1.29, 1.82) is 0 Å². The maximum atomic E-state index is 9.87. The zero-order valence-corrected chi connectivity index (χ0v) is 12.6. The normalized spacial score (nSPS) is 12.8. The third-order valence-corrected chi connectivity index (χ3v) is 3.02. The SMILES string of the molecule is CCCC(O)c1ccn(CCOCCOCCOC)c1. The fourth-order valence-electron chi connectivity index (χ4n) is 1.87. The van der Waals surface area contributed by atoms with E-state index in [0.29, 0.717) is 33.0 Å². The maximum Gasteiger partial charge on any atom is 0.0804 e. The molecule has 0 amide bonds. The molecule has 0 aromatic carbocycles. The van der Waals surface area contributed by atoms with Gasteiger partial charge in [0.1, 0.15) is 0 Å². The molecule has 0 saturated heterocycles. The fourth-order valence-corrected chi connectivity index (χ4v) is 1.87. The number of hydrogen-bond acceptors (Lipinski definition) is 4. The Morgan fingerprint density at radius 1 is 1.15 bits per heavy atom. The third kappa shape index (κ3) is 7.05. The lowest BCUT2D eigenvalue weighted by atomic mass is 10.1. The molecule has 0 spiro atoms. The summed E-state index contributed by atoms with van der Waals surface area (Å²) in [5, 5.41) is 9.87. The zero-order valence-electron chi connectivity index (χ0n) is 12.6. The van der Waals surface area contributed by atoms with Gasteiger partial charge < -0.3 is 23.9 Å². The molecule has 1 heterocycles. The molecule has 5 heteroatoms. The van der Waals surface area contributed by atoms with Crippen LogP contribution in [-0.4, -0.2) is 49.8 Å². The maximum absolute atomic E-state index is 9.87. The second-order valence-electron chi connectivity index (χ2n) is 4.70. The van der Waals surface area contributed by atoms with E-state index in [-0.39, 0.29) is 6.10 Å². The van der Waals surface area contributed by atoms with Crippen molar-refractivity contribution < 1.29 is 19.3 Å². The van der Waals surface area contributed by atoms with Crippen LogP contribution in [0.1, 0.15) is 31.4 Å². The first-order valence-corrected chi connectivity index (χ1v) is 7.26. The molecule has 1 aromatic heterocycles. The molecular formula is C15H27NO4. The summed E-state index contributed by atoms with van der Waals surface area (Å²) < 4.78 is 17.7. The molecule has 116 valence electrons. The Bertz CT molecular complexity index is 340. The van der Waals surface area contributed by atoms with E-state index in [4.69, 9.17) is 14.2 Å². The first-order valence-electron chi connectivity index (χ1n) is 7.26. The van der Waals surface area contributed by atoms with Gasteiger partial charge in [0.25, 0.3) is 0 Å². The van der Waals surface area contributed by atoms with E-state index in [9.17, 15) is 5.11 Å². The van der Waals surface area contributed by atoms with Crippen LogP contribution >= 0.6 is 0 Å². The summed E-state index contributed by atoms with van der Waals surface area (Å²) in [7, 11) is 1.66. The lowest BCUT2D eigenvalue weighted by Gasteiger charge is -2.07. The fraction of sp³-hybridized carbons (Fsp3) is 0.733. The summed E-state index contributed by atoms with van der Waals surface area (Å²) in [6, 6.07) is 1.97. The van der Waals surface area contributed by atoms with Crippen LogP contribution in [0.15, 0.2) is 18.5 Å². The highest BCUT2D eigenvalue weighted by molar-refractivity contribution is 5.13. The second-order valence-corrected chi connectivity index (χ2v) is 4.70. The van der Waals surface area contributed by atoms with Crippen LogP contribution in [0.5, 0.6) is 0 Å². The molecule has 0 aliphatic heterocycles. The minimum absolute atomic E-state index is 0.351. The molecule has 0 fully saturated rings. The summed E-state index contributed by atoms with van der Waals surface area (Å²) in [6.45, 7) is 5.92. The van der Waals surface area contributed by atoms with Crippen LogP contribution in [0, 0.1) is 0 Å². The third-order valence-electron chi connectivity index (χ3n) is 3.02. The van der Waals surface area contributed by atoms with E-state index in [1.165, 1.54) is 0 Å². The van der Waals surface area contributed by atoms with Crippen molar-refractivity contribution in [2.75, 3.05) is 40.1 Å². The van der Waals surface area contributed by atoms with Gasteiger partial charge >= 0.3 is 0 Å². The molecule has 1 unspecified atom stereocenters. The summed E-state index contributed by atoms with van der Waals surface area (Å²) in [5.74, 6) is 0. The topological polar surface area (TPSA) is 52.9 Å². The van der Waals surface area contributed by atoms with Crippen molar-refractivity contribution >= 4 is 0 Å².